The average molecular weight is 160 g/mol. The molecule has 0 unspecified atom stereocenters. The molecule has 0 amide bonds. The minimum absolute atomic E-state index is 0.232. The highest BCUT2D eigenvalue weighted by Crippen LogP contribution is 2.00. The van der Waals surface area contributed by atoms with Crippen molar-refractivity contribution in [3.63, 3.8) is 0 Å². The molecule has 0 heterocycles. The zero-order valence-corrected chi connectivity index (χ0v) is 7.03. The maximum absolute atomic E-state index is 8.41. The highest BCUT2D eigenvalue weighted by atomic mass is 16.5. The highest BCUT2D eigenvalue weighted by Gasteiger charge is 1.95. The average Bonchev–Trinajstić information content (AvgIpc) is 1.97. The molecule has 3 heteroatoms. The molecule has 0 aromatic rings. The van der Waals surface area contributed by atoms with Gasteiger partial charge in [-0.1, -0.05) is 6.08 Å². The van der Waals surface area contributed by atoms with E-state index in [9.17, 15) is 0 Å². The van der Waals surface area contributed by atoms with Crippen LogP contribution in [0.2, 0.25) is 0 Å². The topological polar surface area (TPSA) is 49.7 Å². The summed E-state index contributed by atoms with van der Waals surface area (Å²) in [6.07, 6.45) is 3.71. The molecule has 0 bridgehead atoms. The van der Waals surface area contributed by atoms with Gasteiger partial charge in [-0.25, -0.2) is 0 Å². The molecule has 1 atom stereocenters. The van der Waals surface area contributed by atoms with Crippen LogP contribution >= 0.6 is 0 Å². The lowest BCUT2D eigenvalue weighted by atomic mass is 10.2. The van der Waals surface area contributed by atoms with Gasteiger partial charge in [-0.2, -0.15) is 0 Å². The minimum atomic E-state index is -1.33. The molecule has 0 fully saturated rings. The standard InChI is InChI=1S/C8H16O3/c1-7(11-2)5-3-4-6-8(9)10/h4,6-10H,3,5H2,1-2H3/b6-4+/t7-/m1/s1. The largest absolute Gasteiger partial charge is 0.382 e. The molecule has 0 aromatic heterocycles. The first-order valence-electron chi connectivity index (χ1n) is 3.72. The highest BCUT2D eigenvalue weighted by molar-refractivity contribution is 4.83. The molecule has 11 heavy (non-hydrogen) atoms. The number of rotatable bonds is 5. The third kappa shape index (κ3) is 7.52. The molecular formula is C8H16O3. The Bertz CT molecular complexity index is 110. The summed E-state index contributed by atoms with van der Waals surface area (Å²) in [5.41, 5.74) is 0. The number of hydrogen-bond donors (Lipinski definition) is 2. The predicted octanol–water partition coefficient (Wildman–Crippen LogP) is 0.668. The van der Waals surface area contributed by atoms with Gasteiger partial charge >= 0.3 is 0 Å². The number of aliphatic hydroxyl groups excluding tert-OH is 1. The minimum Gasteiger partial charge on any atom is -0.382 e. The van der Waals surface area contributed by atoms with E-state index in [1.54, 1.807) is 13.2 Å². The summed E-state index contributed by atoms with van der Waals surface area (Å²) < 4.78 is 5.00. The summed E-state index contributed by atoms with van der Waals surface area (Å²) in [4.78, 5) is 0. The second kappa shape index (κ2) is 6.34. The van der Waals surface area contributed by atoms with Gasteiger partial charge in [-0.15, -0.1) is 0 Å². The fraction of sp³-hybridized carbons (Fsp3) is 0.750. The molecule has 0 spiro atoms. The van der Waals surface area contributed by atoms with Crippen molar-refractivity contribution in [2.75, 3.05) is 7.11 Å². The van der Waals surface area contributed by atoms with Gasteiger partial charge in [-0.3, -0.25) is 0 Å². The predicted molar refractivity (Wildman–Crippen MR) is 43.1 cm³/mol. The Balaban J connectivity index is 3.26. The Hall–Kier alpha value is -0.380. The van der Waals surface area contributed by atoms with E-state index in [1.165, 1.54) is 6.08 Å². The van der Waals surface area contributed by atoms with Crippen LogP contribution in [-0.2, 0) is 4.74 Å². The van der Waals surface area contributed by atoms with Gasteiger partial charge in [0.05, 0.1) is 6.10 Å². The van der Waals surface area contributed by atoms with E-state index < -0.39 is 6.29 Å². The lowest BCUT2D eigenvalue weighted by Gasteiger charge is -2.05. The van der Waals surface area contributed by atoms with Gasteiger partial charge in [0.25, 0.3) is 0 Å². The maximum atomic E-state index is 8.41. The lowest BCUT2D eigenvalue weighted by Crippen LogP contribution is -2.03. The van der Waals surface area contributed by atoms with Crippen molar-refractivity contribution in [2.45, 2.75) is 32.2 Å². The van der Waals surface area contributed by atoms with Crippen molar-refractivity contribution >= 4 is 0 Å². The van der Waals surface area contributed by atoms with Crippen molar-refractivity contribution in [3.8, 4) is 0 Å². The SMILES string of the molecule is CO[C@H](C)CC/C=C/C(O)O. The molecular weight excluding hydrogens is 144 g/mol. The zero-order valence-electron chi connectivity index (χ0n) is 7.03. The molecule has 0 aliphatic carbocycles. The summed E-state index contributed by atoms with van der Waals surface area (Å²) in [6, 6.07) is 0. The first kappa shape index (κ1) is 10.6. The Morgan fingerprint density at radius 2 is 2.09 bits per heavy atom. The summed E-state index contributed by atoms with van der Waals surface area (Å²) >= 11 is 0. The van der Waals surface area contributed by atoms with Crippen LogP contribution in [0, 0.1) is 0 Å². The number of ether oxygens (including phenoxy) is 1. The first-order chi connectivity index (χ1) is 5.16. The van der Waals surface area contributed by atoms with E-state index in [4.69, 9.17) is 14.9 Å². The third-order valence-electron chi connectivity index (χ3n) is 1.45. The van der Waals surface area contributed by atoms with E-state index in [1.807, 2.05) is 6.92 Å². The smallest absolute Gasteiger partial charge is 0.171 e. The van der Waals surface area contributed by atoms with Crippen molar-refractivity contribution < 1.29 is 14.9 Å². The molecule has 0 saturated heterocycles. The van der Waals surface area contributed by atoms with Gasteiger partial charge in [0, 0.05) is 7.11 Å². The van der Waals surface area contributed by atoms with Gasteiger partial charge in [0.15, 0.2) is 6.29 Å². The van der Waals surface area contributed by atoms with E-state index in [0.29, 0.717) is 0 Å². The van der Waals surface area contributed by atoms with Crippen LogP contribution in [0.5, 0.6) is 0 Å². The zero-order chi connectivity index (χ0) is 8.69. The van der Waals surface area contributed by atoms with E-state index in [-0.39, 0.29) is 6.10 Å². The first-order valence-corrected chi connectivity index (χ1v) is 3.72. The van der Waals surface area contributed by atoms with E-state index in [0.717, 1.165) is 12.8 Å². The van der Waals surface area contributed by atoms with Crippen molar-refractivity contribution in [1.29, 1.82) is 0 Å². The van der Waals surface area contributed by atoms with Crippen LogP contribution in [0.1, 0.15) is 19.8 Å². The normalized spacial score (nSPS) is 14.6. The number of hydrogen-bond acceptors (Lipinski definition) is 3. The Morgan fingerprint density at radius 3 is 2.55 bits per heavy atom. The Labute approximate surface area is 67.3 Å². The number of aliphatic hydroxyl groups is 2. The molecule has 0 aromatic carbocycles. The summed E-state index contributed by atoms with van der Waals surface area (Å²) in [6.45, 7) is 1.98. The van der Waals surface area contributed by atoms with Crippen LogP contribution in [0.4, 0.5) is 0 Å². The maximum Gasteiger partial charge on any atom is 0.171 e. The summed E-state index contributed by atoms with van der Waals surface area (Å²) in [7, 11) is 1.66. The second-order valence-electron chi connectivity index (χ2n) is 2.47. The van der Waals surface area contributed by atoms with Crippen molar-refractivity contribution in [2.24, 2.45) is 0 Å². The van der Waals surface area contributed by atoms with Gasteiger partial charge in [-0.05, 0) is 25.8 Å². The molecule has 0 rings (SSSR count). The second-order valence-corrected chi connectivity index (χ2v) is 2.47. The molecule has 66 valence electrons. The van der Waals surface area contributed by atoms with Crippen LogP contribution < -0.4 is 0 Å². The summed E-state index contributed by atoms with van der Waals surface area (Å²) in [5.74, 6) is 0. The van der Waals surface area contributed by atoms with Gasteiger partial charge in [0.1, 0.15) is 0 Å². The molecule has 0 aliphatic heterocycles. The molecule has 3 nitrogen and oxygen atoms in total. The monoisotopic (exact) mass is 160 g/mol. The van der Waals surface area contributed by atoms with Gasteiger partial charge < -0.3 is 14.9 Å². The fourth-order valence-electron chi connectivity index (χ4n) is 0.667. The van der Waals surface area contributed by atoms with Crippen LogP contribution in [0.15, 0.2) is 12.2 Å². The number of methoxy groups -OCH3 is 1. The van der Waals surface area contributed by atoms with Crippen molar-refractivity contribution in [3.05, 3.63) is 12.2 Å². The fourth-order valence-corrected chi connectivity index (χ4v) is 0.667. The van der Waals surface area contributed by atoms with Crippen LogP contribution in [0.3, 0.4) is 0 Å². The molecule has 0 radical (unpaired) electrons. The van der Waals surface area contributed by atoms with E-state index in [2.05, 4.69) is 0 Å². The number of allylic oxidation sites excluding steroid dienone is 1. The molecule has 2 N–H and O–H groups in total. The molecule has 0 aliphatic rings. The van der Waals surface area contributed by atoms with Gasteiger partial charge in [0.2, 0.25) is 0 Å². The van der Waals surface area contributed by atoms with Crippen LogP contribution in [0.25, 0.3) is 0 Å². The molecule has 0 saturated carbocycles. The lowest BCUT2D eigenvalue weighted by molar-refractivity contribution is 0.00208. The van der Waals surface area contributed by atoms with E-state index >= 15 is 0 Å². The summed E-state index contributed by atoms with van der Waals surface area (Å²) in [5, 5.41) is 16.8. The quantitative estimate of drug-likeness (QED) is 0.459. The Kier molecular flexibility index (Phi) is 6.12. The Morgan fingerprint density at radius 1 is 1.45 bits per heavy atom. The van der Waals surface area contributed by atoms with Crippen molar-refractivity contribution in [1.82, 2.24) is 0 Å². The van der Waals surface area contributed by atoms with Crippen LogP contribution in [-0.4, -0.2) is 29.7 Å². The third-order valence-corrected chi connectivity index (χ3v) is 1.45.